The second-order valence-corrected chi connectivity index (χ2v) is 5.60. The number of rotatable bonds is 2. The van der Waals surface area contributed by atoms with Crippen molar-refractivity contribution < 1.29 is 0 Å². The molecule has 2 aromatic rings. The lowest BCUT2D eigenvalue weighted by Crippen LogP contribution is -2.28. The fourth-order valence-corrected chi connectivity index (χ4v) is 2.65. The normalized spacial score (nSPS) is 17.4. The van der Waals surface area contributed by atoms with Gasteiger partial charge in [-0.1, -0.05) is 13.8 Å². The van der Waals surface area contributed by atoms with Gasteiger partial charge in [-0.3, -0.25) is 9.89 Å². The molecule has 19 heavy (non-hydrogen) atoms. The summed E-state index contributed by atoms with van der Waals surface area (Å²) < 4.78 is 1.54. The van der Waals surface area contributed by atoms with Crippen molar-refractivity contribution in [2.75, 3.05) is 13.1 Å². The van der Waals surface area contributed by atoms with Crippen LogP contribution in [0.3, 0.4) is 0 Å². The number of aromatic amines is 1. The summed E-state index contributed by atoms with van der Waals surface area (Å²) in [5, 5.41) is 6.46. The summed E-state index contributed by atoms with van der Waals surface area (Å²) in [5.74, 6) is 0.778. The van der Waals surface area contributed by atoms with E-state index in [1.54, 1.807) is 10.6 Å². The van der Waals surface area contributed by atoms with Gasteiger partial charge in [0.1, 0.15) is 0 Å². The third kappa shape index (κ3) is 2.30. The number of aromatic nitrogens is 3. The number of H-pyrrole nitrogens is 1. The molecule has 5 nitrogen and oxygen atoms in total. The van der Waals surface area contributed by atoms with E-state index < -0.39 is 0 Å². The molecular weight excluding hydrogens is 240 g/mol. The molecule has 0 spiro atoms. The van der Waals surface area contributed by atoms with E-state index >= 15 is 0 Å². The summed E-state index contributed by atoms with van der Waals surface area (Å²) in [5.41, 5.74) is 2.73. The molecule has 2 N–H and O–H groups in total. The third-order valence-electron chi connectivity index (χ3n) is 3.87. The van der Waals surface area contributed by atoms with Gasteiger partial charge in [0.05, 0.1) is 5.69 Å². The Morgan fingerprint density at radius 2 is 2.05 bits per heavy atom. The summed E-state index contributed by atoms with van der Waals surface area (Å²) in [6, 6.07) is 3.67. The molecule has 102 valence electrons. The first-order valence-electron chi connectivity index (χ1n) is 6.98. The molecule has 0 amide bonds. The smallest absolute Gasteiger partial charge is 0.272 e. The Morgan fingerprint density at radius 3 is 2.74 bits per heavy atom. The minimum atomic E-state index is -0.00886. The maximum Gasteiger partial charge on any atom is 0.272 e. The van der Waals surface area contributed by atoms with Crippen LogP contribution in [0.25, 0.3) is 5.65 Å². The lowest BCUT2D eigenvalue weighted by atomic mass is 9.94. The molecule has 0 aliphatic carbocycles. The first kappa shape index (κ1) is 12.4. The SMILES string of the molecule is CC(C)c1cc2nc(C3CCNCC3)cc(=O)n2[nH]1. The van der Waals surface area contributed by atoms with E-state index in [4.69, 9.17) is 0 Å². The number of hydrogen-bond acceptors (Lipinski definition) is 3. The van der Waals surface area contributed by atoms with E-state index in [2.05, 4.69) is 29.2 Å². The standard InChI is InChI=1S/C14H20N4O/c1-9(2)11-7-13-16-12(8-14(19)18(13)17-11)10-3-5-15-6-4-10/h7-10,15,17H,3-6H2,1-2H3. The largest absolute Gasteiger partial charge is 0.317 e. The maximum absolute atomic E-state index is 12.2. The van der Waals surface area contributed by atoms with E-state index in [0.717, 1.165) is 43.0 Å². The molecule has 1 fully saturated rings. The molecular formula is C14H20N4O. The highest BCUT2D eigenvalue weighted by Gasteiger charge is 2.18. The Balaban J connectivity index is 2.05. The highest BCUT2D eigenvalue weighted by molar-refractivity contribution is 5.41. The van der Waals surface area contributed by atoms with Crippen LogP contribution < -0.4 is 10.9 Å². The molecule has 3 heterocycles. The van der Waals surface area contributed by atoms with Gasteiger partial charge in [-0.15, -0.1) is 0 Å². The Hall–Kier alpha value is -1.62. The van der Waals surface area contributed by atoms with Gasteiger partial charge in [0.25, 0.3) is 5.56 Å². The summed E-state index contributed by atoms with van der Waals surface area (Å²) in [4.78, 5) is 16.8. The Morgan fingerprint density at radius 1 is 1.32 bits per heavy atom. The summed E-state index contributed by atoms with van der Waals surface area (Å²) in [6.07, 6.45) is 2.12. The highest BCUT2D eigenvalue weighted by atomic mass is 16.1. The van der Waals surface area contributed by atoms with Gasteiger partial charge < -0.3 is 5.32 Å². The van der Waals surface area contributed by atoms with E-state index in [1.807, 2.05) is 6.07 Å². The predicted octanol–water partition coefficient (Wildman–Crippen LogP) is 1.61. The number of piperidine rings is 1. The average Bonchev–Trinajstić information content (AvgIpc) is 2.84. The van der Waals surface area contributed by atoms with Gasteiger partial charge in [0.2, 0.25) is 0 Å². The van der Waals surface area contributed by atoms with Crippen molar-refractivity contribution >= 4 is 5.65 Å². The second-order valence-electron chi connectivity index (χ2n) is 5.60. The molecule has 0 saturated carbocycles. The monoisotopic (exact) mass is 260 g/mol. The van der Waals surface area contributed by atoms with Crippen molar-refractivity contribution in [2.45, 2.75) is 38.5 Å². The molecule has 3 rings (SSSR count). The van der Waals surface area contributed by atoms with Crippen molar-refractivity contribution in [3.63, 3.8) is 0 Å². The van der Waals surface area contributed by atoms with Crippen LogP contribution >= 0.6 is 0 Å². The van der Waals surface area contributed by atoms with Gasteiger partial charge in [-0.2, -0.15) is 0 Å². The van der Waals surface area contributed by atoms with Crippen LogP contribution in [0.1, 0.15) is 49.9 Å². The van der Waals surface area contributed by atoms with Crippen LogP contribution in [-0.4, -0.2) is 27.7 Å². The number of hydrogen-bond donors (Lipinski definition) is 2. The lowest BCUT2D eigenvalue weighted by Gasteiger charge is -2.21. The average molecular weight is 260 g/mol. The van der Waals surface area contributed by atoms with Crippen molar-refractivity contribution in [3.8, 4) is 0 Å². The van der Waals surface area contributed by atoms with E-state index in [-0.39, 0.29) is 5.56 Å². The summed E-state index contributed by atoms with van der Waals surface area (Å²) >= 11 is 0. The topological polar surface area (TPSA) is 62.2 Å². The van der Waals surface area contributed by atoms with Crippen molar-refractivity contribution in [1.82, 2.24) is 19.9 Å². The molecule has 0 aromatic carbocycles. The van der Waals surface area contributed by atoms with Crippen LogP contribution in [-0.2, 0) is 0 Å². The zero-order chi connectivity index (χ0) is 13.4. The third-order valence-corrected chi connectivity index (χ3v) is 3.87. The van der Waals surface area contributed by atoms with Crippen molar-refractivity contribution in [3.05, 3.63) is 33.9 Å². The molecule has 0 bridgehead atoms. The second kappa shape index (κ2) is 4.81. The number of fused-ring (bicyclic) bond motifs is 1. The molecule has 5 heteroatoms. The molecule has 2 aromatic heterocycles. The first-order chi connectivity index (χ1) is 9.15. The molecule has 0 atom stereocenters. The molecule has 0 unspecified atom stereocenters. The van der Waals surface area contributed by atoms with Crippen LogP contribution in [0.5, 0.6) is 0 Å². The number of nitrogens with one attached hydrogen (secondary N) is 2. The highest BCUT2D eigenvalue weighted by Crippen LogP contribution is 2.23. The summed E-state index contributed by atoms with van der Waals surface area (Å²) in [6.45, 7) is 6.22. The minimum Gasteiger partial charge on any atom is -0.317 e. The maximum atomic E-state index is 12.2. The van der Waals surface area contributed by atoms with Gasteiger partial charge in [0.15, 0.2) is 5.65 Å². The molecule has 1 saturated heterocycles. The zero-order valence-corrected chi connectivity index (χ0v) is 11.4. The van der Waals surface area contributed by atoms with Crippen LogP contribution in [0.2, 0.25) is 0 Å². The predicted molar refractivity (Wildman–Crippen MR) is 74.7 cm³/mol. The molecule has 0 radical (unpaired) electrons. The van der Waals surface area contributed by atoms with Crippen LogP contribution in [0.15, 0.2) is 16.9 Å². The first-order valence-corrected chi connectivity index (χ1v) is 6.98. The molecule has 1 aliphatic rings. The Kier molecular flexibility index (Phi) is 3.14. The van der Waals surface area contributed by atoms with Gasteiger partial charge in [-0.25, -0.2) is 9.50 Å². The van der Waals surface area contributed by atoms with Crippen molar-refractivity contribution in [1.29, 1.82) is 0 Å². The van der Waals surface area contributed by atoms with E-state index in [0.29, 0.717) is 11.8 Å². The van der Waals surface area contributed by atoms with Crippen molar-refractivity contribution in [2.24, 2.45) is 0 Å². The molecule has 1 aliphatic heterocycles. The van der Waals surface area contributed by atoms with Gasteiger partial charge in [-0.05, 0) is 31.8 Å². The minimum absolute atomic E-state index is 0.00886. The lowest BCUT2D eigenvalue weighted by molar-refractivity contribution is 0.453. The van der Waals surface area contributed by atoms with Gasteiger partial charge >= 0.3 is 0 Å². The van der Waals surface area contributed by atoms with Crippen LogP contribution in [0.4, 0.5) is 0 Å². The Labute approximate surface area is 112 Å². The Bertz CT molecular complexity index is 634. The fourth-order valence-electron chi connectivity index (χ4n) is 2.65. The van der Waals surface area contributed by atoms with Gasteiger partial charge in [0, 0.05) is 23.7 Å². The quantitative estimate of drug-likeness (QED) is 0.862. The summed E-state index contributed by atoms with van der Waals surface area (Å²) in [7, 11) is 0. The fraction of sp³-hybridized carbons (Fsp3) is 0.571. The zero-order valence-electron chi connectivity index (χ0n) is 11.4. The van der Waals surface area contributed by atoms with Crippen LogP contribution in [0, 0.1) is 0 Å². The van der Waals surface area contributed by atoms with E-state index in [1.165, 1.54) is 0 Å². The number of nitrogens with zero attached hydrogens (tertiary/aromatic N) is 2. The van der Waals surface area contributed by atoms with E-state index in [9.17, 15) is 4.79 Å².